The highest BCUT2D eigenvalue weighted by molar-refractivity contribution is 5.94. The lowest BCUT2D eigenvalue weighted by Crippen LogP contribution is -2.42. The van der Waals surface area contributed by atoms with Crippen LogP contribution in [0.25, 0.3) is 0 Å². The molecule has 1 amide bonds. The average molecular weight is 321 g/mol. The van der Waals surface area contributed by atoms with Crippen molar-refractivity contribution < 1.29 is 24.2 Å². The normalized spacial score (nSPS) is 20.6. The summed E-state index contributed by atoms with van der Waals surface area (Å²) in [4.78, 5) is 23.9. The van der Waals surface area contributed by atoms with Gasteiger partial charge in [0.05, 0.1) is 7.11 Å². The van der Waals surface area contributed by atoms with Crippen LogP contribution in [0.15, 0.2) is 18.2 Å². The number of rotatable bonds is 5. The lowest BCUT2D eigenvalue weighted by atomic mass is 9.86. The Bertz CT molecular complexity index is 572. The van der Waals surface area contributed by atoms with E-state index in [1.165, 1.54) is 31.7 Å². The highest BCUT2D eigenvalue weighted by Gasteiger charge is 2.23. The molecular weight excluding hydrogens is 298 g/mol. The quantitative estimate of drug-likeness (QED) is 0.813. The molecule has 1 aromatic rings. The van der Waals surface area contributed by atoms with Crippen molar-refractivity contribution in [3.05, 3.63) is 23.8 Å². The molecule has 0 saturated heterocycles. The van der Waals surface area contributed by atoms with Gasteiger partial charge in [0.15, 0.2) is 6.61 Å². The fourth-order valence-corrected chi connectivity index (χ4v) is 2.79. The number of esters is 1. The van der Waals surface area contributed by atoms with Gasteiger partial charge in [0.25, 0.3) is 5.91 Å². The molecule has 126 valence electrons. The molecule has 0 radical (unpaired) electrons. The zero-order chi connectivity index (χ0) is 16.8. The number of aromatic hydroxyl groups is 1. The van der Waals surface area contributed by atoms with Crippen molar-refractivity contribution in [2.75, 3.05) is 13.7 Å². The monoisotopic (exact) mass is 321 g/mol. The zero-order valence-corrected chi connectivity index (χ0v) is 13.5. The van der Waals surface area contributed by atoms with Gasteiger partial charge in [0, 0.05) is 6.04 Å². The van der Waals surface area contributed by atoms with E-state index in [1.54, 1.807) is 0 Å². The number of ether oxygens (including phenoxy) is 2. The highest BCUT2D eigenvalue weighted by Crippen LogP contribution is 2.24. The molecule has 23 heavy (non-hydrogen) atoms. The van der Waals surface area contributed by atoms with E-state index in [0.29, 0.717) is 11.7 Å². The molecule has 6 nitrogen and oxygen atoms in total. The van der Waals surface area contributed by atoms with Crippen LogP contribution in [0.4, 0.5) is 0 Å². The van der Waals surface area contributed by atoms with Gasteiger partial charge in [0.2, 0.25) is 0 Å². The smallest absolute Gasteiger partial charge is 0.342 e. The van der Waals surface area contributed by atoms with Crippen LogP contribution in [-0.4, -0.2) is 36.7 Å². The van der Waals surface area contributed by atoms with Gasteiger partial charge in [-0.1, -0.05) is 19.8 Å². The Morgan fingerprint density at radius 3 is 2.74 bits per heavy atom. The summed E-state index contributed by atoms with van der Waals surface area (Å²) in [6.45, 7) is 1.75. The van der Waals surface area contributed by atoms with Gasteiger partial charge in [-0.25, -0.2) is 4.79 Å². The molecule has 1 saturated carbocycles. The predicted molar refractivity (Wildman–Crippen MR) is 84.5 cm³/mol. The number of carbonyl (C=O) groups excluding carboxylic acids is 2. The van der Waals surface area contributed by atoms with Gasteiger partial charge in [-0.2, -0.15) is 0 Å². The third kappa shape index (κ3) is 4.61. The summed E-state index contributed by atoms with van der Waals surface area (Å²) in [5.41, 5.74) is -0.0248. The molecule has 0 aliphatic heterocycles. The minimum absolute atomic E-state index is 0.0248. The largest absolute Gasteiger partial charge is 0.507 e. The first-order valence-electron chi connectivity index (χ1n) is 7.84. The molecule has 0 heterocycles. The van der Waals surface area contributed by atoms with Gasteiger partial charge >= 0.3 is 5.97 Å². The zero-order valence-electron chi connectivity index (χ0n) is 13.5. The third-order valence-electron chi connectivity index (χ3n) is 4.22. The first-order chi connectivity index (χ1) is 11.0. The van der Waals surface area contributed by atoms with Crippen molar-refractivity contribution in [1.29, 1.82) is 0 Å². The molecule has 1 aliphatic carbocycles. The first kappa shape index (κ1) is 17.1. The van der Waals surface area contributed by atoms with E-state index in [4.69, 9.17) is 9.47 Å². The summed E-state index contributed by atoms with van der Waals surface area (Å²) in [7, 11) is 1.46. The minimum Gasteiger partial charge on any atom is -0.507 e. The second-order valence-electron chi connectivity index (χ2n) is 5.89. The molecule has 0 spiro atoms. The first-order valence-corrected chi connectivity index (χ1v) is 7.84. The Hall–Kier alpha value is -2.24. The summed E-state index contributed by atoms with van der Waals surface area (Å²) < 4.78 is 9.98. The third-order valence-corrected chi connectivity index (χ3v) is 4.22. The van der Waals surface area contributed by atoms with E-state index in [-0.39, 0.29) is 29.9 Å². The van der Waals surface area contributed by atoms with E-state index in [2.05, 4.69) is 12.2 Å². The second-order valence-corrected chi connectivity index (χ2v) is 5.89. The average Bonchev–Trinajstić information content (AvgIpc) is 2.55. The summed E-state index contributed by atoms with van der Waals surface area (Å²) in [5.74, 6) is -0.425. The maximum absolute atomic E-state index is 12.0. The number of methoxy groups -OCH3 is 1. The van der Waals surface area contributed by atoms with Crippen LogP contribution in [0.3, 0.4) is 0 Å². The van der Waals surface area contributed by atoms with Crippen LogP contribution < -0.4 is 10.1 Å². The Balaban J connectivity index is 1.87. The Morgan fingerprint density at radius 1 is 1.30 bits per heavy atom. The van der Waals surface area contributed by atoms with Crippen molar-refractivity contribution in [2.24, 2.45) is 5.92 Å². The summed E-state index contributed by atoms with van der Waals surface area (Å²) in [5, 5.41) is 12.6. The Kier molecular flexibility index (Phi) is 5.84. The maximum atomic E-state index is 12.0. The number of phenolic OH excluding ortho intramolecular Hbond substituents is 1. The summed E-state index contributed by atoms with van der Waals surface area (Å²) >= 11 is 0. The van der Waals surface area contributed by atoms with Crippen molar-refractivity contribution in [3.8, 4) is 11.5 Å². The lowest BCUT2D eigenvalue weighted by Gasteiger charge is -2.29. The van der Waals surface area contributed by atoms with E-state index in [0.717, 1.165) is 19.3 Å². The number of phenols is 1. The molecule has 0 bridgehead atoms. The van der Waals surface area contributed by atoms with Gasteiger partial charge in [-0.15, -0.1) is 0 Å². The van der Waals surface area contributed by atoms with Crippen LogP contribution in [0.2, 0.25) is 0 Å². The van der Waals surface area contributed by atoms with Gasteiger partial charge in [0.1, 0.15) is 17.1 Å². The van der Waals surface area contributed by atoms with Crippen molar-refractivity contribution in [1.82, 2.24) is 5.32 Å². The number of hydrogen-bond acceptors (Lipinski definition) is 5. The van der Waals surface area contributed by atoms with Crippen molar-refractivity contribution >= 4 is 11.9 Å². The number of nitrogens with one attached hydrogen (secondary N) is 1. The number of hydrogen-bond donors (Lipinski definition) is 2. The van der Waals surface area contributed by atoms with Crippen LogP contribution in [-0.2, 0) is 9.53 Å². The molecule has 1 aliphatic rings. The molecule has 2 N–H and O–H groups in total. The molecule has 1 fully saturated rings. The van der Waals surface area contributed by atoms with E-state index >= 15 is 0 Å². The Labute approximate surface area is 135 Å². The van der Waals surface area contributed by atoms with E-state index in [1.807, 2.05) is 0 Å². The van der Waals surface area contributed by atoms with Gasteiger partial charge in [-0.05, 0) is 37.0 Å². The molecule has 6 heteroatoms. The van der Waals surface area contributed by atoms with Crippen LogP contribution >= 0.6 is 0 Å². The lowest BCUT2D eigenvalue weighted by molar-refractivity contribution is -0.125. The predicted octanol–water partition coefficient (Wildman–Crippen LogP) is 2.25. The minimum atomic E-state index is -0.756. The fraction of sp³-hybridized carbons (Fsp3) is 0.529. The number of carbonyl (C=O) groups is 2. The second kappa shape index (κ2) is 7.85. The van der Waals surface area contributed by atoms with E-state index < -0.39 is 5.97 Å². The standard InChI is InChI=1S/C17H23NO5/c1-11-5-3-4-6-14(11)18-16(20)10-23-17(21)13-9-12(22-2)7-8-15(13)19/h7-9,11,14,19H,3-6,10H2,1-2H3,(H,18,20)/t11-,14-/m0/s1. The number of benzene rings is 1. The van der Waals surface area contributed by atoms with E-state index in [9.17, 15) is 14.7 Å². The van der Waals surface area contributed by atoms with Crippen LogP contribution in [0, 0.1) is 5.92 Å². The van der Waals surface area contributed by atoms with Gasteiger partial charge in [-0.3, -0.25) is 4.79 Å². The topological polar surface area (TPSA) is 84.9 Å². The molecular formula is C17H23NO5. The van der Waals surface area contributed by atoms with Crippen molar-refractivity contribution in [3.63, 3.8) is 0 Å². The molecule has 2 atom stereocenters. The molecule has 1 aromatic carbocycles. The fourth-order valence-electron chi connectivity index (χ4n) is 2.79. The summed E-state index contributed by atoms with van der Waals surface area (Å²) in [6.07, 6.45) is 4.35. The molecule has 0 unspecified atom stereocenters. The van der Waals surface area contributed by atoms with Gasteiger partial charge < -0.3 is 19.9 Å². The Morgan fingerprint density at radius 2 is 2.04 bits per heavy atom. The maximum Gasteiger partial charge on any atom is 0.342 e. The SMILES string of the molecule is COc1ccc(O)c(C(=O)OCC(=O)N[C@H]2CCCC[C@@H]2C)c1. The number of amides is 1. The van der Waals surface area contributed by atoms with Crippen molar-refractivity contribution in [2.45, 2.75) is 38.6 Å². The molecule has 2 rings (SSSR count). The highest BCUT2D eigenvalue weighted by atomic mass is 16.5. The molecule has 0 aromatic heterocycles. The van der Waals surface area contributed by atoms with Crippen LogP contribution in [0.1, 0.15) is 43.0 Å². The summed E-state index contributed by atoms with van der Waals surface area (Å²) in [6, 6.07) is 4.39. The van der Waals surface area contributed by atoms with Crippen LogP contribution in [0.5, 0.6) is 11.5 Å².